The van der Waals surface area contributed by atoms with Gasteiger partial charge in [0.15, 0.2) is 0 Å². The SMILES string of the molecule is CCCCC(CC)C(=O)OCCOCCC(=O)OCC. The van der Waals surface area contributed by atoms with Gasteiger partial charge in [-0.05, 0) is 19.8 Å². The molecule has 20 heavy (non-hydrogen) atoms. The van der Waals surface area contributed by atoms with Gasteiger partial charge >= 0.3 is 11.9 Å². The molecule has 0 rings (SSSR count). The molecular weight excluding hydrogens is 260 g/mol. The zero-order valence-electron chi connectivity index (χ0n) is 13.0. The maximum Gasteiger partial charge on any atom is 0.308 e. The molecule has 5 heteroatoms. The van der Waals surface area contributed by atoms with E-state index in [4.69, 9.17) is 14.2 Å². The van der Waals surface area contributed by atoms with Crippen LogP contribution in [0.1, 0.15) is 52.9 Å². The van der Waals surface area contributed by atoms with Crippen LogP contribution < -0.4 is 0 Å². The summed E-state index contributed by atoms with van der Waals surface area (Å²) in [5.74, 6) is -0.417. The maximum absolute atomic E-state index is 11.8. The number of carbonyl (C=O) groups is 2. The number of ether oxygens (including phenoxy) is 3. The van der Waals surface area contributed by atoms with E-state index in [1.807, 2.05) is 6.92 Å². The molecule has 0 heterocycles. The number of rotatable bonds is 12. The second kappa shape index (κ2) is 12.9. The van der Waals surface area contributed by atoms with Crippen molar-refractivity contribution in [3.8, 4) is 0 Å². The van der Waals surface area contributed by atoms with E-state index < -0.39 is 0 Å². The smallest absolute Gasteiger partial charge is 0.308 e. The Morgan fingerprint density at radius 1 is 1.00 bits per heavy atom. The van der Waals surface area contributed by atoms with Crippen molar-refractivity contribution in [1.82, 2.24) is 0 Å². The van der Waals surface area contributed by atoms with Gasteiger partial charge in [-0.25, -0.2) is 0 Å². The van der Waals surface area contributed by atoms with Crippen molar-refractivity contribution in [2.75, 3.05) is 26.4 Å². The van der Waals surface area contributed by atoms with Crippen LogP contribution in [0, 0.1) is 5.92 Å². The normalized spacial score (nSPS) is 11.9. The van der Waals surface area contributed by atoms with Gasteiger partial charge in [-0.2, -0.15) is 0 Å². The predicted octanol–water partition coefficient (Wildman–Crippen LogP) is 2.72. The summed E-state index contributed by atoms with van der Waals surface area (Å²) in [6, 6.07) is 0. The van der Waals surface area contributed by atoms with Crippen LogP contribution in [0.5, 0.6) is 0 Å². The topological polar surface area (TPSA) is 61.8 Å². The third-order valence-electron chi connectivity index (χ3n) is 2.96. The molecule has 0 amide bonds. The van der Waals surface area contributed by atoms with Crippen LogP contribution in [0.25, 0.3) is 0 Å². The fraction of sp³-hybridized carbons (Fsp3) is 0.867. The van der Waals surface area contributed by atoms with Crippen molar-refractivity contribution < 1.29 is 23.8 Å². The predicted molar refractivity (Wildman–Crippen MR) is 76.3 cm³/mol. The average Bonchev–Trinajstić information content (AvgIpc) is 2.43. The Bertz CT molecular complexity index is 265. The Morgan fingerprint density at radius 3 is 2.35 bits per heavy atom. The van der Waals surface area contributed by atoms with Crippen molar-refractivity contribution in [2.24, 2.45) is 5.92 Å². The van der Waals surface area contributed by atoms with Crippen molar-refractivity contribution in [3.05, 3.63) is 0 Å². The minimum absolute atomic E-state index is 0.00511. The van der Waals surface area contributed by atoms with Gasteiger partial charge in [-0.15, -0.1) is 0 Å². The van der Waals surface area contributed by atoms with Gasteiger partial charge in [0.2, 0.25) is 0 Å². The van der Waals surface area contributed by atoms with Gasteiger partial charge in [0, 0.05) is 0 Å². The molecule has 0 aliphatic carbocycles. The van der Waals surface area contributed by atoms with E-state index in [0.29, 0.717) is 19.8 Å². The highest BCUT2D eigenvalue weighted by atomic mass is 16.6. The zero-order valence-corrected chi connectivity index (χ0v) is 13.0. The zero-order chi connectivity index (χ0) is 15.2. The molecule has 0 N–H and O–H groups in total. The van der Waals surface area contributed by atoms with E-state index in [1.54, 1.807) is 6.92 Å². The number of carbonyl (C=O) groups excluding carboxylic acids is 2. The average molecular weight is 288 g/mol. The molecule has 0 aromatic heterocycles. The monoisotopic (exact) mass is 288 g/mol. The van der Waals surface area contributed by atoms with Crippen LogP contribution in [0.3, 0.4) is 0 Å². The summed E-state index contributed by atoms with van der Waals surface area (Å²) in [6.45, 7) is 7.10. The Labute approximate surface area is 122 Å². The molecule has 0 fully saturated rings. The largest absolute Gasteiger partial charge is 0.466 e. The molecular formula is C15H28O5. The minimum atomic E-state index is -0.268. The molecule has 0 aromatic rings. The first-order valence-electron chi connectivity index (χ1n) is 7.55. The molecule has 5 nitrogen and oxygen atoms in total. The summed E-state index contributed by atoms with van der Waals surface area (Å²) in [7, 11) is 0. The van der Waals surface area contributed by atoms with Crippen LogP contribution in [-0.4, -0.2) is 38.4 Å². The number of hydrogen-bond acceptors (Lipinski definition) is 5. The van der Waals surface area contributed by atoms with Gasteiger partial charge in [-0.3, -0.25) is 9.59 Å². The standard InChI is InChI=1S/C15H28O5/c1-4-7-8-13(5-2)15(17)20-12-11-18-10-9-14(16)19-6-3/h13H,4-12H2,1-3H3. The van der Waals surface area contributed by atoms with Crippen LogP contribution >= 0.6 is 0 Å². The lowest BCUT2D eigenvalue weighted by Gasteiger charge is -2.13. The van der Waals surface area contributed by atoms with Crippen molar-refractivity contribution in [2.45, 2.75) is 52.9 Å². The number of esters is 2. The van der Waals surface area contributed by atoms with E-state index in [9.17, 15) is 9.59 Å². The highest BCUT2D eigenvalue weighted by Crippen LogP contribution is 2.14. The lowest BCUT2D eigenvalue weighted by molar-refractivity contribution is -0.151. The second-order valence-corrected chi connectivity index (χ2v) is 4.58. The summed E-state index contributed by atoms with van der Waals surface area (Å²) in [5, 5.41) is 0. The van der Waals surface area contributed by atoms with Gasteiger partial charge < -0.3 is 14.2 Å². The fourth-order valence-corrected chi connectivity index (χ4v) is 1.75. The molecule has 0 spiro atoms. The minimum Gasteiger partial charge on any atom is -0.466 e. The molecule has 0 aliphatic rings. The molecule has 0 aliphatic heterocycles. The van der Waals surface area contributed by atoms with Gasteiger partial charge in [0.1, 0.15) is 6.61 Å². The van der Waals surface area contributed by atoms with Crippen LogP contribution in [0.4, 0.5) is 0 Å². The lowest BCUT2D eigenvalue weighted by atomic mass is 10.00. The van der Waals surface area contributed by atoms with Crippen LogP contribution in [0.2, 0.25) is 0 Å². The molecule has 0 radical (unpaired) electrons. The summed E-state index contributed by atoms with van der Waals surface area (Å²) in [6.07, 6.45) is 4.05. The molecule has 0 saturated carbocycles. The summed E-state index contributed by atoms with van der Waals surface area (Å²) in [5.41, 5.74) is 0. The van der Waals surface area contributed by atoms with E-state index in [-0.39, 0.29) is 30.9 Å². The van der Waals surface area contributed by atoms with Crippen molar-refractivity contribution in [3.63, 3.8) is 0 Å². The highest BCUT2D eigenvalue weighted by Gasteiger charge is 2.16. The van der Waals surface area contributed by atoms with E-state index in [2.05, 4.69) is 6.92 Å². The molecule has 0 bridgehead atoms. The second-order valence-electron chi connectivity index (χ2n) is 4.58. The summed E-state index contributed by atoms with van der Waals surface area (Å²) >= 11 is 0. The van der Waals surface area contributed by atoms with Crippen molar-refractivity contribution >= 4 is 11.9 Å². The van der Waals surface area contributed by atoms with Gasteiger partial charge in [-0.1, -0.05) is 26.7 Å². The molecule has 1 atom stereocenters. The highest BCUT2D eigenvalue weighted by molar-refractivity contribution is 5.72. The Kier molecular flexibility index (Phi) is 12.2. The Morgan fingerprint density at radius 2 is 1.75 bits per heavy atom. The van der Waals surface area contributed by atoms with Gasteiger partial charge in [0.25, 0.3) is 0 Å². The molecule has 118 valence electrons. The maximum atomic E-state index is 11.8. The molecule has 0 saturated heterocycles. The van der Waals surface area contributed by atoms with E-state index in [1.165, 1.54) is 0 Å². The fourth-order valence-electron chi connectivity index (χ4n) is 1.75. The first kappa shape index (κ1) is 18.9. The van der Waals surface area contributed by atoms with Gasteiger partial charge in [0.05, 0.1) is 32.2 Å². The molecule has 0 aromatic carbocycles. The third kappa shape index (κ3) is 9.78. The third-order valence-corrected chi connectivity index (χ3v) is 2.96. The van der Waals surface area contributed by atoms with E-state index >= 15 is 0 Å². The summed E-state index contributed by atoms with van der Waals surface area (Å²) in [4.78, 5) is 22.8. The van der Waals surface area contributed by atoms with Crippen LogP contribution in [-0.2, 0) is 23.8 Å². The first-order valence-corrected chi connectivity index (χ1v) is 7.55. The Hall–Kier alpha value is -1.10. The summed E-state index contributed by atoms with van der Waals surface area (Å²) < 4.78 is 15.1. The molecule has 1 unspecified atom stereocenters. The first-order chi connectivity index (χ1) is 9.65. The number of unbranched alkanes of at least 4 members (excludes halogenated alkanes) is 1. The van der Waals surface area contributed by atoms with Crippen molar-refractivity contribution in [1.29, 1.82) is 0 Å². The lowest BCUT2D eigenvalue weighted by Crippen LogP contribution is -2.20. The Balaban J connectivity index is 3.57. The number of hydrogen-bond donors (Lipinski definition) is 0. The quantitative estimate of drug-likeness (QED) is 0.408. The van der Waals surface area contributed by atoms with E-state index in [0.717, 1.165) is 25.7 Å². The van der Waals surface area contributed by atoms with Crippen LogP contribution in [0.15, 0.2) is 0 Å².